The van der Waals surface area contributed by atoms with Crippen LogP contribution in [0.5, 0.6) is 0 Å². The molecule has 3 nitrogen and oxygen atoms in total. The topological polar surface area (TPSA) is 38.7 Å². The van der Waals surface area contributed by atoms with Gasteiger partial charge >= 0.3 is 0 Å². The molecule has 0 N–H and O–H groups in total. The first kappa shape index (κ1) is 15.8. The van der Waals surface area contributed by atoms with Crippen molar-refractivity contribution in [2.75, 3.05) is 6.26 Å². The lowest BCUT2D eigenvalue weighted by atomic mass is 10.1. The highest BCUT2D eigenvalue weighted by atomic mass is 32.2. The van der Waals surface area contributed by atoms with E-state index in [-0.39, 0.29) is 0 Å². The van der Waals surface area contributed by atoms with Gasteiger partial charge in [-0.25, -0.2) is 15.0 Å². The molecule has 0 aliphatic carbocycles. The third-order valence-electron chi connectivity index (χ3n) is 4.18. The summed E-state index contributed by atoms with van der Waals surface area (Å²) in [5.41, 5.74) is 5.00. The number of hydrogen-bond acceptors (Lipinski definition) is 4. The summed E-state index contributed by atoms with van der Waals surface area (Å²) in [6, 6.07) is 20.4. The molecule has 0 saturated carbocycles. The van der Waals surface area contributed by atoms with E-state index in [1.165, 1.54) is 4.90 Å². The fourth-order valence-electron chi connectivity index (χ4n) is 2.86. The van der Waals surface area contributed by atoms with Crippen molar-refractivity contribution in [2.24, 2.45) is 0 Å². The third kappa shape index (κ3) is 3.01. The van der Waals surface area contributed by atoms with Gasteiger partial charge in [0.15, 0.2) is 5.82 Å². The van der Waals surface area contributed by atoms with Crippen molar-refractivity contribution in [3.63, 3.8) is 0 Å². The van der Waals surface area contributed by atoms with Crippen molar-refractivity contribution in [3.8, 4) is 22.8 Å². The molecular formula is C21H17N3S. The molecule has 0 atom stereocenters. The minimum Gasteiger partial charge on any atom is -0.244 e. The molecule has 122 valence electrons. The molecular weight excluding hydrogens is 326 g/mol. The number of para-hydroxylation sites is 1. The van der Waals surface area contributed by atoms with Gasteiger partial charge in [0.2, 0.25) is 0 Å². The van der Waals surface area contributed by atoms with Crippen LogP contribution < -0.4 is 0 Å². The number of pyridine rings is 1. The quantitative estimate of drug-likeness (QED) is 0.468. The summed E-state index contributed by atoms with van der Waals surface area (Å²) in [4.78, 5) is 15.3. The molecule has 0 amide bonds. The highest BCUT2D eigenvalue weighted by Gasteiger charge is 2.12. The maximum Gasteiger partial charge on any atom is 0.178 e. The normalized spacial score (nSPS) is 11.0. The van der Waals surface area contributed by atoms with Crippen LogP contribution in [0.4, 0.5) is 0 Å². The van der Waals surface area contributed by atoms with Gasteiger partial charge in [0, 0.05) is 22.0 Å². The van der Waals surface area contributed by atoms with Crippen LogP contribution in [-0.2, 0) is 0 Å². The number of hydrogen-bond donors (Lipinski definition) is 0. The van der Waals surface area contributed by atoms with E-state index >= 15 is 0 Å². The summed E-state index contributed by atoms with van der Waals surface area (Å²) < 4.78 is 0. The summed E-state index contributed by atoms with van der Waals surface area (Å²) in [6.07, 6.45) is 3.94. The van der Waals surface area contributed by atoms with E-state index in [2.05, 4.69) is 53.5 Å². The second-order valence-corrected chi connectivity index (χ2v) is 6.66. The van der Waals surface area contributed by atoms with E-state index in [1.807, 2.05) is 36.5 Å². The van der Waals surface area contributed by atoms with Crippen molar-refractivity contribution in [1.29, 1.82) is 0 Å². The Balaban J connectivity index is 1.86. The number of fused-ring (bicyclic) bond motifs is 1. The average molecular weight is 343 g/mol. The van der Waals surface area contributed by atoms with E-state index in [9.17, 15) is 0 Å². The first-order valence-electron chi connectivity index (χ1n) is 8.09. The number of nitrogens with zero attached hydrogens (tertiary/aromatic N) is 3. The van der Waals surface area contributed by atoms with Gasteiger partial charge < -0.3 is 0 Å². The molecule has 25 heavy (non-hydrogen) atoms. The molecule has 0 unspecified atom stereocenters. The average Bonchev–Trinajstić information content (AvgIpc) is 2.68. The van der Waals surface area contributed by atoms with Crippen LogP contribution in [0, 0.1) is 6.92 Å². The Bertz CT molecular complexity index is 1060. The van der Waals surface area contributed by atoms with Crippen LogP contribution in [0.3, 0.4) is 0 Å². The van der Waals surface area contributed by atoms with E-state index in [0.29, 0.717) is 5.82 Å². The first-order chi connectivity index (χ1) is 12.3. The van der Waals surface area contributed by atoms with E-state index in [4.69, 9.17) is 4.98 Å². The number of benzene rings is 2. The Morgan fingerprint density at radius 1 is 0.840 bits per heavy atom. The maximum absolute atomic E-state index is 4.89. The third-order valence-corrected chi connectivity index (χ3v) is 4.97. The van der Waals surface area contributed by atoms with Crippen LogP contribution in [0.2, 0.25) is 0 Å². The summed E-state index contributed by atoms with van der Waals surface area (Å²) in [5.74, 6) is 0.654. The van der Waals surface area contributed by atoms with Crippen LogP contribution in [0.15, 0.2) is 71.8 Å². The lowest BCUT2D eigenvalue weighted by molar-refractivity contribution is 1.16. The minimum absolute atomic E-state index is 0.654. The molecule has 0 aliphatic rings. The second-order valence-electron chi connectivity index (χ2n) is 5.81. The van der Waals surface area contributed by atoms with Crippen molar-refractivity contribution >= 4 is 22.7 Å². The molecule has 0 saturated heterocycles. The highest BCUT2D eigenvalue weighted by molar-refractivity contribution is 7.98. The van der Waals surface area contributed by atoms with Gasteiger partial charge in [-0.05, 0) is 36.9 Å². The summed E-state index contributed by atoms with van der Waals surface area (Å²) in [6.45, 7) is 2.09. The standard InChI is InChI=1S/C21H17N3S/c1-14-11-12-18(21-22-13-15-7-3-5-9-17(15)24-21)23-20(14)16-8-4-6-10-19(16)25-2/h3-13H,1-2H3. The van der Waals surface area contributed by atoms with Gasteiger partial charge in [-0.2, -0.15) is 0 Å². The van der Waals surface area contributed by atoms with Crippen molar-refractivity contribution in [3.05, 3.63) is 72.4 Å². The van der Waals surface area contributed by atoms with E-state index in [0.717, 1.165) is 33.4 Å². The monoisotopic (exact) mass is 343 g/mol. The molecule has 4 rings (SSSR count). The number of rotatable bonds is 3. The molecule has 2 heterocycles. The molecule has 0 spiro atoms. The Labute approximate surface area is 151 Å². The Morgan fingerprint density at radius 3 is 2.52 bits per heavy atom. The van der Waals surface area contributed by atoms with Crippen LogP contribution in [0.1, 0.15) is 5.56 Å². The van der Waals surface area contributed by atoms with Gasteiger partial charge in [0.05, 0.1) is 11.2 Å². The zero-order valence-electron chi connectivity index (χ0n) is 14.1. The molecule has 4 aromatic rings. The zero-order chi connectivity index (χ0) is 17.2. The van der Waals surface area contributed by atoms with E-state index < -0.39 is 0 Å². The zero-order valence-corrected chi connectivity index (χ0v) is 14.9. The van der Waals surface area contributed by atoms with Crippen molar-refractivity contribution < 1.29 is 0 Å². The molecule has 0 radical (unpaired) electrons. The SMILES string of the molecule is CSc1ccccc1-c1nc(-c2ncc3ccccc3n2)ccc1C. The lowest BCUT2D eigenvalue weighted by Gasteiger charge is -2.11. The highest BCUT2D eigenvalue weighted by Crippen LogP contribution is 2.32. The van der Waals surface area contributed by atoms with Gasteiger partial charge in [0.25, 0.3) is 0 Å². The van der Waals surface area contributed by atoms with Gasteiger partial charge in [0.1, 0.15) is 5.69 Å². The maximum atomic E-state index is 4.89. The minimum atomic E-state index is 0.654. The fourth-order valence-corrected chi connectivity index (χ4v) is 3.46. The summed E-state index contributed by atoms with van der Waals surface area (Å²) in [7, 11) is 0. The van der Waals surface area contributed by atoms with Gasteiger partial charge in [-0.1, -0.05) is 42.5 Å². The second kappa shape index (κ2) is 6.65. The summed E-state index contributed by atoms with van der Waals surface area (Å²) in [5, 5.41) is 1.03. The Kier molecular flexibility index (Phi) is 4.20. The largest absolute Gasteiger partial charge is 0.244 e. The molecule has 4 heteroatoms. The predicted octanol–water partition coefficient (Wildman–Crippen LogP) is 5.39. The molecule has 0 bridgehead atoms. The lowest BCUT2D eigenvalue weighted by Crippen LogP contribution is -1.96. The number of aromatic nitrogens is 3. The molecule has 2 aromatic heterocycles. The van der Waals surface area contributed by atoms with E-state index in [1.54, 1.807) is 11.8 Å². The smallest absolute Gasteiger partial charge is 0.178 e. The van der Waals surface area contributed by atoms with Crippen LogP contribution in [0.25, 0.3) is 33.7 Å². The molecule has 0 fully saturated rings. The molecule has 0 aliphatic heterocycles. The number of aryl methyl sites for hydroxylation is 1. The van der Waals surface area contributed by atoms with Gasteiger partial charge in [-0.15, -0.1) is 11.8 Å². The predicted molar refractivity (Wildman–Crippen MR) is 105 cm³/mol. The van der Waals surface area contributed by atoms with Crippen LogP contribution in [-0.4, -0.2) is 21.2 Å². The van der Waals surface area contributed by atoms with Crippen molar-refractivity contribution in [1.82, 2.24) is 15.0 Å². The Morgan fingerprint density at radius 2 is 1.64 bits per heavy atom. The number of thioether (sulfide) groups is 1. The van der Waals surface area contributed by atoms with Gasteiger partial charge in [-0.3, -0.25) is 0 Å². The summed E-state index contributed by atoms with van der Waals surface area (Å²) >= 11 is 1.73. The molecule has 2 aromatic carbocycles. The van der Waals surface area contributed by atoms with Crippen LogP contribution >= 0.6 is 11.8 Å². The van der Waals surface area contributed by atoms with Crippen molar-refractivity contribution in [2.45, 2.75) is 11.8 Å². The Hall–Kier alpha value is -2.72. The first-order valence-corrected chi connectivity index (χ1v) is 9.32. The fraction of sp³-hybridized carbons (Fsp3) is 0.0952.